The van der Waals surface area contributed by atoms with Crippen LogP contribution in [0.1, 0.15) is 30.1 Å². The molecule has 1 amide bonds. The molecule has 0 aliphatic carbocycles. The maximum Gasteiger partial charge on any atom is 0.222 e. The average Bonchev–Trinajstić information content (AvgIpc) is 3.09. The van der Waals surface area contributed by atoms with Gasteiger partial charge in [0.25, 0.3) is 0 Å². The first-order valence-corrected chi connectivity index (χ1v) is 8.13. The van der Waals surface area contributed by atoms with Crippen molar-refractivity contribution in [1.29, 1.82) is 0 Å². The maximum atomic E-state index is 12.5. The third-order valence-corrected chi connectivity index (χ3v) is 4.75. The molecule has 0 unspecified atom stereocenters. The Morgan fingerprint density at radius 1 is 1.30 bits per heavy atom. The van der Waals surface area contributed by atoms with Gasteiger partial charge >= 0.3 is 0 Å². The monoisotopic (exact) mass is 312 g/mol. The fraction of sp³-hybridized carbons (Fsp3) is 0.471. The molecule has 2 aromatic rings. The molecule has 6 nitrogen and oxygen atoms in total. The van der Waals surface area contributed by atoms with Gasteiger partial charge in [0.15, 0.2) is 0 Å². The summed E-state index contributed by atoms with van der Waals surface area (Å²) in [6.07, 6.45) is 4.08. The Morgan fingerprint density at radius 2 is 2.17 bits per heavy atom. The number of aryl methyl sites for hydroxylation is 1. The second kappa shape index (κ2) is 6.12. The van der Waals surface area contributed by atoms with Crippen molar-refractivity contribution in [2.75, 3.05) is 13.1 Å². The largest absolute Gasteiger partial charge is 0.370 e. The summed E-state index contributed by atoms with van der Waals surface area (Å²) in [6.45, 7) is 1.99. The van der Waals surface area contributed by atoms with Gasteiger partial charge in [0, 0.05) is 19.5 Å². The smallest absolute Gasteiger partial charge is 0.222 e. The summed E-state index contributed by atoms with van der Waals surface area (Å²) in [4.78, 5) is 14.5. The summed E-state index contributed by atoms with van der Waals surface area (Å²) in [5.41, 5.74) is 2.19. The molecule has 1 fully saturated rings. The van der Waals surface area contributed by atoms with E-state index in [1.165, 1.54) is 5.56 Å². The van der Waals surface area contributed by atoms with E-state index >= 15 is 0 Å². The fourth-order valence-electron chi connectivity index (χ4n) is 3.46. The van der Waals surface area contributed by atoms with Crippen LogP contribution in [0.3, 0.4) is 0 Å². The van der Waals surface area contributed by atoms with E-state index in [-0.39, 0.29) is 18.1 Å². The molecule has 0 radical (unpaired) electrons. The Hall–Kier alpha value is -2.21. The Kier molecular flexibility index (Phi) is 3.83. The summed E-state index contributed by atoms with van der Waals surface area (Å²) in [5, 5.41) is 8.15. The Morgan fingerprint density at radius 3 is 3.04 bits per heavy atom. The van der Waals surface area contributed by atoms with E-state index in [2.05, 4.69) is 22.4 Å². The van der Waals surface area contributed by atoms with Gasteiger partial charge in [-0.1, -0.05) is 35.5 Å². The van der Waals surface area contributed by atoms with E-state index in [9.17, 15) is 4.79 Å². The van der Waals surface area contributed by atoms with Gasteiger partial charge in [0.05, 0.1) is 30.6 Å². The SMILES string of the molecule is O=C(CCc1ccccc1)N1CC[C@@H]2OCc3cnnn3[C@@H]2C1. The molecule has 4 rings (SSSR count). The number of piperidine rings is 1. The van der Waals surface area contributed by atoms with Crippen molar-refractivity contribution in [3.8, 4) is 0 Å². The molecule has 0 N–H and O–H groups in total. The maximum absolute atomic E-state index is 12.5. The molecule has 23 heavy (non-hydrogen) atoms. The van der Waals surface area contributed by atoms with Gasteiger partial charge < -0.3 is 9.64 Å². The number of carbonyl (C=O) groups is 1. The van der Waals surface area contributed by atoms with Crippen molar-refractivity contribution in [2.24, 2.45) is 0 Å². The predicted octanol–water partition coefficient (Wildman–Crippen LogP) is 1.58. The highest BCUT2D eigenvalue weighted by Gasteiger charge is 2.37. The van der Waals surface area contributed by atoms with Crippen LogP contribution in [0.4, 0.5) is 0 Å². The van der Waals surface area contributed by atoms with Crippen LogP contribution in [0.15, 0.2) is 36.5 Å². The summed E-state index contributed by atoms with van der Waals surface area (Å²) >= 11 is 0. The molecule has 2 atom stereocenters. The molecule has 1 aromatic carbocycles. The molecular weight excluding hydrogens is 292 g/mol. The van der Waals surface area contributed by atoms with E-state index in [0.29, 0.717) is 19.6 Å². The lowest BCUT2D eigenvalue weighted by Crippen LogP contribution is -2.49. The Balaban J connectivity index is 1.40. The minimum absolute atomic E-state index is 0.0932. The van der Waals surface area contributed by atoms with Crippen molar-refractivity contribution in [1.82, 2.24) is 19.9 Å². The van der Waals surface area contributed by atoms with Crippen molar-refractivity contribution in [2.45, 2.75) is 38.0 Å². The molecule has 3 heterocycles. The van der Waals surface area contributed by atoms with Crippen LogP contribution >= 0.6 is 0 Å². The normalized spacial score (nSPS) is 23.2. The highest BCUT2D eigenvalue weighted by atomic mass is 16.5. The number of ether oxygens (including phenoxy) is 1. The minimum Gasteiger partial charge on any atom is -0.370 e. The number of benzene rings is 1. The number of carbonyl (C=O) groups excluding carboxylic acids is 1. The highest BCUT2D eigenvalue weighted by molar-refractivity contribution is 5.76. The summed E-state index contributed by atoms with van der Waals surface area (Å²) in [6, 6.07) is 10.2. The number of nitrogens with zero attached hydrogens (tertiary/aromatic N) is 4. The van der Waals surface area contributed by atoms with Crippen LogP contribution in [-0.2, 0) is 22.6 Å². The Bertz CT molecular complexity index is 685. The van der Waals surface area contributed by atoms with Crippen molar-refractivity contribution in [3.63, 3.8) is 0 Å². The highest BCUT2D eigenvalue weighted by Crippen LogP contribution is 2.30. The van der Waals surface area contributed by atoms with Crippen LogP contribution in [0.25, 0.3) is 0 Å². The number of fused-ring (bicyclic) bond motifs is 3. The Labute approximate surface area is 135 Å². The molecule has 0 spiro atoms. The zero-order valence-corrected chi connectivity index (χ0v) is 13.0. The number of hydrogen-bond donors (Lipinski definition) is 0. The lowest BCUT2D eigenvalue weighted by Gasteiger charge is -2.41. The molecule has 1 aromatic heterocycles. The first kappa shape index (κ1) is 14.4. The van der Waals surface area contributed by atoms with Crippen LogP contribution < -0.4 is 0 Å². The standard InChI is InChI=1S/C17H20N4O2/c22-17(7-6-13-4-2-1-3-5-13)20-9-8-16-15(11-20)21-14(12-23-16)10-18-19-21/h1-5,10,15-16H,6-9,11-12H2/t15-,16+/m1/s1. The van der Waals surface area contributed by atoms with E-state index < -0.39 is 0 Å². The molecular formula is C17H20N4O2. The van der Waals surface area contributed by atoms with Crippen molar-refractivity contribution >= 4 is 5.91 Å². The minimum atomic E-state index is 0.0932. The van der Waals surface area contributed by atoms with Gasteiger partial charge in [-0.2, -0.15) is 0 Å². The third-order valence-electron chi connectivity index (χ3n) is 4.75. The van der Waals surface area contributed by atoms with E-state index in [4.69, 9.17) is 4.74 Å². The molecule has 1 saturated heterocycles. The topological polar surface area (TPSA) is 60.3 Å². The molecule has 6 heteroatoms. The molecule has 120 valence electrons. The third kappa shape index (κ3) is 2.86. The van der Waals surface area contributed by atoms with Gasteiger partial charge in [0.1, 0.15) is 0 Å². The second-order valence-electron chi connectivity index (χ2n) is 6.20. The molecule has 0 saturated carbocycles. The fourth-order valence-corrected chi connectivity index (χ4v) is 3.46. The first-order chi connectivity index (χ1) is 11.3. The summed E-state index contributed by atoms with van der Waals surface area (Å²) in [5.74, 6) is 0.208. The van der Waals surface area contributed by atoms with Gasteiger partial charge in [0.2, 0.25) is 5.91 Å². The second-order valence-corrected chi connectivity index (χ2v) is 6.20. The van der Waals surface area contributed by atoms with Crippen LogP contribution in [0, 0.1) is 0 Å². The lowest BCUT2D eigenvalue weighted by atomic mass is 9.99. The molecule has 2 aliphatic rings. The predicted molar refractivity (Wildman–Crippen MR) is 83.6 cm³/mol. The van der Waals surface area contributed by atoms with Crippen molar-refractivity contribution in [3.05, 3.63) is 47.8 Å². The average molecular weight is 312 g/mol. The number of amides is 1. The lowest BCUT2D eigenvalue weighted by molar-refractivity contribution is -0.138. The van der Waals surface area contributed by atoms with Crippen LogP contribution in [0.5, 0.6) is 0 Å². The number of likely N-dealkylation sites (tertiary alicyclic amines) is 1. The molecule has 0 bridgehead atoms. The zero-order valence-electron chi connectivity index (χ0n) is 13.0. The van der Waals surface area contributed by atoms with Gasteiger partial charge in [-0.3, -0.25) is 4.79 Å². The van der Waals surface area contributed by atoms with Crippen LogP contribution in [0.2, 0.25) is 0 Å². The zero-order chi connectivity index (χ0) is 15.6. The summed E-state index contributed by atoms with van der Waals surface area (Å²) in [7, 11) is 0. The van der Waals surface area contributed by atoms with Crippen molar-refractivity contribution < 1.29 is 9.53 Å². The van der Waals surface area contributed by atoms with Gasteiger partial charge in [-0.25, -0.2) is 4.68 Å². The van der Waals surface area contributed by atoms with E-state index in [1.807, 2.05) is 27.8 Å². The quantitative estimate of drug-likeness (QED) is 0.863. The molecule has 2 aliphatic heterocycles. The van der Waals surface area contributed by atoms with E-state index in [1.54, 1.807) is 6.20 Å². The number of hydrogen-bond acceptors (Lipinski definition) is 4. The van der Waals surface area contributed by atoms with E-state index in [0.717, 1.165) is 25.1 Å². The number of aromatic nitrogens is 3. The first-order valence-electron chi connectivity index (χ1n) is 8.13. The summed E-state index contributed by atoms with van der Waals surface area (Å²) < 4.78 is 7.82. The van der Waals surface area contributed by atoms with Crippen LogP contribution in [-0.4, -0.2) is 45.0 Å². The van der Waals surface area contributed by atoms with Gasteiger partial charge in [-0.15, -0.1) is 5.10 Å². The van der Waals surface area contributed by atoms with Gasteiger partial charge in [-0.05, 0) is 18.4 Å². The number of rotatable bonds is 3.